The Morgan fingerprint density at radius 3 is 1.81 bits per heavy atom. The third kappa shape index (κ3) is 1.84. The zero-order chi connectivity index (χ0) is 17.1. The second-order valence-electron chi connectivity index (χ2n) is 7.03. The van der Waals surface area contributed by atoms with E-state index in [2.05, 4.69) is 97.1 Å². The summed E-state index contributed by atoms with van der Waals surface area (Å²) in [6, 6.07) is 35.5. The zero-order valence-corrected chi connectivity index (χ0v) is 14.2. The average Bonchev–Trinajstić information content (AvgIpc) is 2.71. The fourth-order valence-corrected chi connectivity index (χ4v) is 4.34. The van der Waals surface area contributed by atoms with Crippen LogP contribution < -0.4 is 0 Å². The number of hydrogen-bond donors (Lipinski definition) is 0. The van der Waals surface area contributed by atoms with Gasteiger partial charge in [0, 0.05) is 0 Å². The fourth-order valence-electron chi connectivity index (χ4n) is 4.34. The van der Waals surface area contributed by atoms with E-state index >= 15 is 0 Å². The highest BCUT2D eigenvalue weighted by Crippen LogP contribution is 2.36. The van der Waals surface area contributed by atoms with E-state index in [1.165, 1.54) is 53.9 Å². The minimum Gasteiger partial charge on any atom is -0.0616 e. The molecule has 6 aromatic rings. The Kier molecular flexibility index (Phi) is 2.70. The summed E-state index contributed by atoms with van der Waals surface area (Å²) in [5.74, 6) is 0. The van der Waals surface area contributed by atoms with Gasteiger partial charge in [-0.3, -0.25) is 0 Å². The van der Waals surface area contributed by atoms with E-state index in [9.17, 15) is 0 Å². The molecule has 0 aromatic heterocycles. The minimum absolute atomic E-state index is 1.30. The molecule has 6 rings (SSSR count). The SMILES string of the molecule is c1ccc2cc3c(ccc4ccc5c6ccccc6ccc5c43)cc2c1. The van der Waals surface area contributed by atoms with E-state index in [1.54, 1.807) is 0 Å². The van der Waals surface area contributed by atoms with Gasteiger partial charge in [-0.15, -0.1) is 0 Å². The van der Waals surface area contributed by atoms with Crippen LogP contribution in [0.1, 0.15) is 0 Å². The highest BCUT2D eigenvalue weighted by atomic mass is 14.1. The molecule has 0 fully saturated rings. The van der Waals surface area contributed by atoms with Crippen molar-refractivity contribution in [1.29, 1.82) is 0 Å². The topological polar surface area (TPSA) is 0 Å². The lowest BCUT2D eigenvalue weighted by Crippen LogP contribution is -1.84. The first kappa shape index (κ1) is 13.9. The monoisotopic (exact) mass is 328 g/mol. The molecule has 0 radical (unpaired) electrons. The molecule has 6 aromatic carbocycles. The standard InChI is InChI=1S/C26H16/c1-2-7-20-16-25-21(15-19(20)6-1)10-9-18-12-13-23-22-8-4-3-5-17(22)11-14-24(23)26(18)25/h1-16H. The molecule has 0 aliphatic rings. The van der Waals surface area contributed by atoms with Gasteiger partial charge in [-0.25, -0.2) is 0 Å². The summed E-state index contributed by atoms with van der Waals surface area (Å²) in [6.45, 7) is 0. The van der Waals surface area contributed by atoms with Crippen LogP contribution >= 0.6 is 0 Å². The van der Waals surface area contributed by atoms with Gasteiger partial charge in [0.1, 0.15) is 0 Å². The van der Waals surface area contributed by atoms with Crippen molar-refractivity contribution in [3.63, 3.8) is 0 Å². The van der Waals surface area contributed by atoms with Gasteiger partial charge in [0.05, 0.1) is 0 Å². The second-order valence-corrected chi connectivity index (χ2v) is 7.03. The van der Waals surface area contributed by atoms with Crippen LogP contribution in [0.4, 0.5) is 0 Å². The van der Waals surface area contributed by atoms with Crippen LogP contribution in [0.5, 0.6) is 0 Å². The maximum atomic E-state index is 2.35. The molecule has 0 atom stereocenters. The normalized spacial score (nSPS) is 11.8. The first-order valence-corrected chi connectivity index (χ1v) is 9.04. The quantitative estimate of drug-likeness (QED) is 0.200. The lowest BCUT2D eigenvalue weighted by atomic mass is 9.92. The summed E-state index contributed by atoms with van der Waals surface area (Å²) in [6.07, 6.45) is 0. The molecule has 120 valence electrons. The summed E-state index contributed by atoms with van der Waals surface area (Å²) < 4.78 is 0. The van der Waals surface area contributed by atoms with Crippen molar-refractivity contribution in [2.75, 3.05) is 0 Å². The molecule has 0 aliphatic carbocycles. The first-order valence-electron chi connectivity index (χ1n) is 9.04. The third-order valence-electron chi connectivity index (χ3n) is 5.59. The van der Waals surface area contributed by atoms with Crippen LogP contribution in [0.3, 0.4) is 0 Å². The van der Waals surface area contributed by atoms with Crippen molar-refractivity contribution >= 4 is 53.9 Å². The number of rotatable bonds is 0. The Balaban J connectivity index is 1.89. The van der Waals surface area contributed by atoms with Gasteiger partial charge in [0.25, 0.3) is 0 Å². The van der Waals surface area contributed by atoms with Crippen molar-refractivity contribution in [1.82, 2.24) is 0 Å². The lowest BCUT2D eigenvalue weighted by molar-refractivity contribution is 1.78. The van der Waals surface area contributed by atoms with Crippen molar-refractivity contribution in [2.45, 2.75) is 0 Å². The molecular weight excluding hydrogens is 312 g/mol. The highest BCUT2D eigenvalue weighted by molar-refractivity contribution is 6.25. The van der Waals surface area contributed by atoms with E-state index in [0.29, 0.717) is 0 Å². The smallest absolute Gasteiger partial charge is 0.00264 e. The summed E-state index contributed by atoms with van der Waals surface area (Å²) in [7, 11) is 0. The first-order chi connectivity index (χ1) is 12.9. The Labute approximate surface area is 151 Å². The molecule has 0 spiro atoms. The summed E-state index contributed by atoms with van der Waals surface area (Å²) in [5.41, 5.74) is 0. The molecule has 0 amide bonds. The molecule has 0 nitrogen and oxygen atoms in total. The largest absolute Gasteiger partial charge is 0.0616 e. The van der Waals surface area contributed by atoms with Gasteiger partial charge in [-0.05, 0) is 66.0 Å². The van der Waals surface area contributed by atoms with Gasteiger partial charge in [0.2, 0.25) is 0 Å². The van der Waals surface area contributed by atoms with Crippen molar-refractivity contribution < 1.29 is 0 Å². The highest BCUT2D eigenvalue weighted by Gasteiger charge is 2.08. The van der Waals surface area contributed by atoms with Crippen molar-refractivity contribution in [3.05, 3.63) is 97.1 Å². The molecular formula is C26H16. The predicted octanol–water partition coefficient (Wildman–Crippen LogP) is 7.45. The van der Waals surface area contributed by atoms with Crippen LogP contribution in [0.15, 0.2) is 97.1 Å². The predicted molar refractivity (Wildman–Crippen MR) is 114 cm³/mol. The van der Waals surface area contributed by atoms with Crippen LogP contribution in [-0.2, 0) is 0 Å². The molecule has 0 unspecified atom stereocenters. The Morgan fingerprint density at radius 2 is 0.923 bits per heavy atom. The van der Waals surface area contributed by atoms with Gasteiger partial charge in [-0.2, -0.15) is 0 Å². The van der Waals surface area contributed by atoms with Gasteiger partial charge in [-0.1, -0.05) is 84.9 Å². The Hall–Kier alpha value is -3.38. The van der Waals surface area contributed by atoms with E-state index < -0.39 is 0 Å². The van der Waals surface area contributed by atoms with E-state index in [-0.39, 0.29) is 0 Å². The van der Waals surface area contributed by atoms with Crippen LogP contribution in [-0.4, -0.2) is 0 Å². The lowest BCUT2D eigenvalue weighted by Gasteiger charge is -2.11. The van der Waals surface area contributed by atoms with Crippen LogP contribution in [0.2, 0.25) is 0 Å². The molecule has 0 saturated heterocycles. The van der Waals surface area contributed by atoms with Crippen LogP contribution in [0.25, 0.3) is 53.9 Å². The van der Waals surface area contributed by atoms with Gasteiger partial charge >= 0.3 is 0 Å². The Morgan fingerprint density at radius 1 is 0.308 bits per heavy atom. The van der Waals surface area contributed by atoms with Crippen LogP contribution in [0, 0.1) is 0 Å². The van der Waals surface area contributed by atoms with E-state index in [0.717, 1.165) is 0 Å². The van der Waals surface area contributed by atoms with Crippen molar-refractivity contribution in [3.8, 4) is 0 Å². The zero-order valence-electron chi connectivity index (χ0n) is 14.2. The summed E-state index contributed by atoms with van der Waals surface area (Å²) in [5, 5.41) is 13.2. The van der Waals surface area contributed by atoms with Gasteiger partial charge in [0.15, 0.2) is 0 Å². The number of fused-ring (bicyclic) bond motifs is 8. The van der Waals surface area contributed by atoms with E-state index in [1.807, 2.05) is 0 Å². The average molecular weight is 328 g/mol. The second kappa shape index (κ2) is 5.06. The summed E-state index contributed by atoms with van der Waals surface area (Å²) >= 11 is 0. The minimum atomic E-state index is 1.30. The summed E-state index contributed by atoms with van der Waals surface area (Å²) in [4.78, 5) is 0. The van der Waals surface area contributed by atoms with E-state index in [4.69, 9.17) is 0 Å². The molecule has 26 heavy (non-hydrogen) atoms. The van der Waals surface area contributed by atoms with Crippen molar-refractivity contribution in [2.24, 2.45) is 0 Å². The maximum Gasteiger partial charge on any atom is -0.00264 e. The molecule has 0 N–H and O–H groups in total. The molecule has 0 saturated carbocycles. The number of hydrogen-bond acceptors (Lipinski definition) is 0. The molecule has 0 heteroatoms. The Bertz CT molecular complexity index is 1460. The molecule has 0 aliphatic heterocycles. The number of benzene rings is 6. The molecule has 0 heterocycles. The van der Waals surface area contributed by atoms with Gasteiger partial charge < -0.3 is 0 Å². The maximum absolute atomic E-state index is 2.35. The fraction of sp³-hybridized carbons (Fsp3) is 0. The third-order valence-corrected chi connectivity index (χ3v) is 5.59. The molecule has 0 bridgehead atoms.